The van der Waals surface area contributed by atoms with Crippen molar-refractivity contribution in [2.24, 2.45) is 0 Å². The fraction of sp³-hybridized carbons (Fsp3) is 0.385. The van der Waals surface area contributed by atoms with Gasteiger partial charge in [-0.05, 0) is 12.5 Å². The summed E-state index contributed by atoms with van der Waals surface area (Å²) in [5, 5.41) is 11.2. The second kappa shape index (κ2) is 6.04. The first kappa shape index (κ1) is 13.7. The average molecular weight is 304 g/mol. The number of hydrogen-bond acceptors (Lipinski definition) is 8. The van der Waals surface area contributed by atoms with Gasteiger partial charge in [0, 0.05) is 24.9 Å². The first-order chi connectivity index (χ1) is 10.3. The number of nitrogens with zero attached hydrogens (tertiary/aromatic N) is 4. The Morgan fingerprint density at radius 1 is 1.33 bits per heavy atom. The van der Waals surface area contributed by atoms with Gasteiger partial charge in [0.15, 0.2) is 5.82 Å². The van der Waals surface area contributed by atoms with Crippen molar-refractivity contribution in [1.82, 2.24) is 20.1 Å². The summed E-state index contributed by atoms with van der Waals surface area (Å²) in [5.74, 6) is 2.14. The van der Waals surface area contributed by atoms with Gasteiger partial charge in [-0.15, -0.1) is 11.3 Å². The maximum absolute atomic E-state index is 4.72. The fourth-order valence-electron chi connectivity index (χ4n) is 1.99. The molecule has 7 nitrogen and oxygen atoms in total. The van der Waals surface area contributed by atoms with Gasteiger partial charge in [0.05, 0.1) is 5.39 Å². The summed E-state index contributed by atoms with van der Waals surface area (Å²) in [6, 6.07) is 2.15. The molecular formula is C13H16N6OS. The van der Waals surface area contributed by atoms with Crippen LogP contribution in [0.4, 0.5) is 11.8 Å². The predicted molar refractivity (Wildman–Crippen MR) is 82.8 cm³/mol. The normalized spacial score (nSPS) is 11.0. The number of fused-ring (bicyclic) bond motifs is 1. The Morgan fingerprint density at radius 2 is 2.24 bits per heavy atom. The van der Waals surface area contributed by atoms with Gasteiger partial charge in [0.2, 0.25) is 12.3 Å². The number of aromatic nitrogens is 4. The molecule has 0 amide bonds. The van der Waals surface area contributed by atoms with E-state index in [4.69, 9.17) is 4.52 Å². The van der Waals surface area contributed by atoms with Gasteiger partial charge < -0.3 is 15.2 Å². The van der Waals surface area contributed by atoms with Crippen LogP contribution < -0.4 is 10.6 Å². The van der Waals surface area contributed by atoms with E-state index < -0.39 is 0 Å². The second-order valence-electron chi connectivity index (χ2n) is 4.46. The van der Waals surface area contributed by atoms with E-state index in [9.17, 15) is 0 Å². The van der Waals surface area contributed by atoms with Crippen molar-refractivity contribution < 1.29 is 4.52 Å². The molecule has 3 heterocycles. The molecule has 0 aliphatic carbocycles. The molecule has 2 N–H and O–H groups in total. The number of aryl methyl sites for hydroxylation is 1. The van der Waals surface area contributed by atoms with Gasteiger partial charge in [-0.25, -0.2) is 4.98 Å². The van der Waals surface area contributed by atoms with Crippen LogP contribution in [0.15, 0.2) is 17.0 Å². The number of hydrogen-bond donors (Lipinski definition) is 2. The fourth-order valence-corrected chi connectivity index (χ4v) is 2.95. The molecule has 0 aromatic carbocycles. The van der Waals surface area contributed by atoms with E-state index in [1.165, 1.54) is 11.3 Å². The summed E-state index contributed by atoms with van der Waals surface area (Å²) in [5.41, 5.74) is 0. The maximum atomic E-state index is 4.72. The number of rotatable bonds is 6. The zero-order valence-corrected chi connectivity index (χ0v) is 12.7. The van der Waals surface area contributed by atoms with Crippen LogP contribution in [0, 0.1) is 0 Å². The number of nitrogens with one attached hydrogen (secondary N) is 2. The molecule has 0 saturated carbocycles. The van der Waals surface area contributed by atoms with Crippen LogP contribution >= 0.6 is 11.3 Å². The van der Waals surface area contributed by atoms with Gasteiger partial charge in [-0.3, -0.25) is 0 Å². The first-order valence-corrected chi connectivity index (χ1v) is 7.59. The largest absolute Gasteiger partial charge is 0.369 e. The summed E-state index contributed by atoms with van der Waals surface area (Å²) < 4.78 is 4.72. The lowest BCUT2D eigenvalue weighted by Crippen LogP contribution is -2.09. The van der Waals surface area contributed by atoms with E-state index in [1.54, 1.807) is 11.3 Å². The summed E-state index contributed by atoms with van der Waals surface area (Å²) in [4.78, 5) is 15.3. The zero-order chi connectivity index (χ0) is 14.7. The van der Waals surface area contributed by atoms with Gasteiger partial charge in [-0.1, -0.05) is 12.1 Å². The topological polar surface area (TPSA) is 88.8 Å². The van der Waals surface area contributed by atoms with E-state index in [2.05, 4.69) is 43.7 Å². The smallest absolute Gasteiger partial charge is 0.225 e. The minimum atomic E-state index is 0.620. The van der Waals surface area contributed by atoms with Crippen molar-refractivity contribution in [3.8, 4) is 0 Å². The summed E-state index contributed by atoms with van der Waals surface area (Å²) >= 11 is 1.70. The molecule has 3 aromatic rings. The molecule has 0 aliphatic rings. The van der Waals surface area contributed by atoms with Crippen molar-refractivity contribution >= 4 is 33.3 Å². The van der Waals surface area contributed by atoms with Gasteiger partial charge in [0.1, 0.15) is 10.6 Å². The van der Waals surface area contributed by atoms with Crippen LogP contribution in [0.1, 0.15) is 17.6 Å². The molecule has 0 fully saturated rings. The Bertz CT molecular complexity index is 724. The quantitative estimate of drug-likeness (QED) is 0.722. The molecular weight excluding hydrogens is 288 g/mol. The highest BCUT2D eigenvalue weighted by Gasteiger charge is 2.11. The molecule has 0 bridgehead atoms. The Kier molecular flexibility index (Phi) is 3.96. The lowest BCUT2D eigenvalue weighted by molar-refractivity contribution is 0.410. The van der Waals surface area contributed by atoms with E-state index in [0.29, 0.717) is 24.7 Å². The highest BCUT2D eigenvalue weighted by molar-refractivity contribution is 7.18. The highest BCUT2D eigenvalue weighted by atomic mass is 32.1. The minimum absolute atomic E-state index is 0.620. The molecule has 21 heavy (non-hydrogen) atoms. The number of thiophene rings is 1. The maximum Gasteiger partial charge on any atom is 0.225 e. The highest BCUT2D eigenvalue weighted by Crippen LogP contribution is 2.30. The SMILES string of the molecule is CCc1cc2c(NCCc3ncon3)nc(NC)nc2s1. The Hall–Kier alpha value is -2.22. The van der Waals surface area contributed by atoms with Crippen LogP contribution in [0.5, 0.6) is 0 Å². The standard InChI is InChI=1S/C13H16N6OS/c1-3-8-6-9-11(15-5-4-10-16-7-20-19-10)17-13(14-2)18-12(9)21-8/h6-7H,3-5H2,1-2H3,(H2,14,15,17,18). The van der Waals surface area contributed by atoms with Gasteiger partial charge in [0.25, 0.3) is 0 Å². The molecule has 3 rings (SSSR count). The van der Waals surface area contributed by atoms with Crippen LogP contribution in [0.2, 0.25) is 0 Å². The molecule has 0 saturated heterocycles. The van der Waals surface area contributed by atoms with Crippen molar-refractivity contribution in [2.75, 3.05) is 24.2 Å². The molecule has 0 spiro atoms. The first-order valence-electron chi connectivity index (χ1n) is 6.77. The summed E-state index contributed by atoms with van der Waals surface area (Å²) in [6.45, 7) is 2.83. The third-order valence-corrected chi connectivity index (χ3v) is 4.24. The average Bonchev–Trinajstić information content (AvgIpc) is 3.15. The van der Waals surface area contributed by atoms with Crippen LogP contribution in [0.25, 0.3) is 10.2 Å². The van der Waals surface area contributed by atoms with E-state index in [0.717, 1.165) is 22.5 Å². The van der Waals surface area contributed by atoms with E-state index >= 15 is 0 Å². The predicted octanol–water partition coefficient (Wildman–Crippen LogP) is 2.33. The lowest BCUT2D eigenvalue weighted by atomic mass is 10.3. The Labute approximate surface area is 125 Å². The van der Waals surface area contributed by atoms with E-state index in [1.807, 2.05) is 7.05 Å². The van der Waals surface area contributed by atoms with Gasteiger partial charge >= 0.3 is 0 Å². The van der Waals surface area contributed by atoms with Crippen LogP contribution in [-0.4, -0.2) is 33.7 Å². The third-order valence-electron chi connectivity index (χ3n) is 3.06. The molecule has 3 aromatic heterocycles. The lowest BCUT2D eigenvalue weighted by Gasteiger charge is -2.07. The molecule has 0 radical (unpaired) electrons. The third kappa shape index (κ3) is 2.94. The Morgan fingerprint density at radius 3 is 2.95 bits per heavy atom. The molecule has 8 heteroatoms. The minimum Gasteiger partial charge on any atom is -0.369 e. The zero-order valence-electron chi connectivity index (χ0n) is 11.9. The Balaban J connectivity index is 1.83. The van der Waals surface area contributed by atoms with E-state index in [-0.39, 0.29) is 0 Å². The molecule has 0 unspecified atom stereocenters. The summed E-state index contributed by atoms with van der Waals surface area (Å²) in [7, 11) is 1.82. The second-order valence-corrected chi connectivity index (χ2v) is 5.57. The molecule has 0 atom stereocenters. The van der Waals surface area contributed by atoms with Crippen LogP contribution in [-0.2, 0) is 12.8 Å². The van der Waals surface area contributed by atoms with Crippen molar-refractivity contribution in [1.29, 1.82) is 0 Å². The van der Waals surface area contributed by atoms with Crippen LogP contribution in [0.3, 0.4) is 0 Å². The molecule has 0 aliphatic heterocycles. The van der Waals surface area contributed by atoms with Crippen molar-refractivity contribution in [2.45, 2.75) is 19.8 Å². The van der Waals surface area contributed by atoms with Gasteiger partial charge in [-0.2, -0.15) is 9.97 Å². The summed E-state index contributed by atoms with van der Waals surface area (Å²) in [6.07, 6.45) is 3.02. The van der Waals surface area contributed by atoms with Crippen molar-refractivity contribution in [3.05, 3.63) is 23.2 Å². The van der Waals surface area contributed by atoms with Crippen molar-refractivity contribution in [3.63, 3.8) is 0 Å². The number of anilines is 2. The molecule has 110 valence electrons. The monoisotopic (exact) mass is 304 g/mol.